The van der Waals surface area contributed by atoms with Crippen LogP contribution in [-0.4, -0.2) is 71.1 Å². The molecule has 164 valence electrons. The molecular formula is C23H35N5O2. The summed E-state index contributed by atoms with van der Waals surface area (Å²) in [4.78, 5) is 27.6. The van der Waals surface area contributed by atoms with Gasteiger partial charge in [-0.2, -0.15) is 0 Å². The van der Waals surface area contributed by atoms with Crippen molar-refractivity contribution in [2.75, 3.05) is 38.7 Å². The molecule has 2 saturated heterocycles. The van der Waals surface area contributed by atoms with Crippen LogP contribution in [-0.2, 0) is 22.5 Å². The maximum atomic E-state index is 13.7. The average Bonchev–Trinajstić information content (AvgIpc) is 3.59. The van der Waals surface area contributed by atoms with Gasteiger partial charge in [0.2, 0.25) is 11.9 Å². The Morgan fingerprint density at radius 3 is 2.77 bits per heavy atom. The zero-order valence-electron chi connectivity index (χ0n) is 18.3. The van der Waals surface area contributed by atoms with Gasteiger partial charge in [0, 0.05) is 44.0 Å². The molecule has 3 atom stereocenters. The van der Waals surface area contributed by atoms with E-state index in [0.29, 0.717) is 30.4 Å². The van der Waals surface area contributed by atoms with Crippen LogP contribution >= 0.6 is 0 Å². The summed E-state index contributed by atoms with van der Waals surface area (Å²) in [5.74, 6) is 2.51. The Bertz CT molecular complexity index is 777. The van der Waals surface area contributed by atoms with Crippen LogP contribution < -0.4 is 5.32 Å². The largest absolute Gasteiger partial charge is 0.381 e. The van der Waals surface area contributed by atoms with Crippen molar-refractivity contribution in [2.24, 2.45) is 17.8 Å². The van der Waals surface area contributed by atoms with Crippen molar-refractivity contribution in [1.29, 1.82) is 0 Å². The van der Waals surface area contributed by atoms with E-state index >= 15 is 0 Å². The molecule has 4 heterocycles. The molecule has 7 heteroatoms. The number of anilines is 1. The normalized spacial score (nSPS) is 30.7. The highest BCUT2D eigenvalue weighted by Gasteiger charge is 2.44. The van der Waals surface area contributed by atoms with Crippen molar-refractivity contribution >= 4 is 11.9 Å². The lowest BCUT2D eigenvalue weighted by molar-refractivity contribution is -0.143. The Morgan fingerprint density at radius 2 is 2.00 bits per heavy atom. The van der Waals surface area contributed by atoms with Crippen LogP contribution in [0.3, 0.4) is 0 Å². The van der Waals surface area contributed by atoms with Crippen molar-refractivity contribution in [1.82, 2.24) is 19.8 Å². The molecule has 3 aliphatic heterocycles. The summed E-state index contributed by atoms with van der Waals surface area (Å²) in [7, 11) is 2.19. The highest BCUT2D eigenvalue weighted by Crippen LogP contribution is 2.44. The predicted molar refractivity (Wildman–Crippen MR) is 115 cm³/mol. The van der Waals surface area contributed by atoms with E-state index < -0.39 is 0 Å². The summed E-state index contributed by atoms with van der Waals surface area (Å²) in [6, 6.07) is 0.581. The summed E-state index contributed by atoms with van der Waals surface area (Å²) >= 11 is 0. The molecule has 3 fully saturated rings. The summed E-state index contributed by atoms with van der Waals surface area (Å²) in [6.45, 7) is 6.48. The number of hydrogen-bond acceptors (Lipinski definition) is 6. The van der Waals surface area contributed by atoms with E-state index in [0.717, 1.165) is 63.6 Å². The zero-order valence-corrected chi connectivity index (χ0v) is 18.3. The van der Waals surface area contributed by atoms with Crippen LogP contribution in [0.25, 0.3) is 0 Å². The Labute approximate surface area is 179 Å². The van der Waals surface area contributed by atoms with E-state index in [1.807, 2.05) is 6.20 Å². The maximum absolute atomic E-state index is 13.7. The van der Waals surface area contributed by atoms with Crippen molar-refractivity contribution in [3.05, 3.63) is 17.5 Å². The molecule has 2 unspecified atom stereocenters. The molecule has 0 aromatic carbocycles. The Morgan fingerprint density at radius 1 is 1.20 bits per heavy atom. The smallest absolute Gasteiger partial charge is 0.226 e. The summed E-state index contributed by atoms with van der Waals surface area (Å²) in [5.41, 5.74) is 2.20. The van der Waals surface area contributed by atoms with Gasteiger partial charge in [0.15, 0.2) is 0 Å². The molecule has 5 rings (SSSR count). The molecule has 0 bridgehead atoms. The number of amides is 1. The minimum absolute atomic E-state index is 0.180. The number of rotatable bonds is 4. The van der Waals surface area contributed by atoms with Gasteiger partial charge in [-0.3, -0.25) is 4.79 Å². The quantitative estimate of drug-likeness (QED) is 0.817. The third kappa shape index (κ3) is 4.19. The lowest BCUT2D eigenvalue weighted by Crippen LogP contribution is -2.51. The maximum Gasteiger partial charge on any atom is 0.226 e. The average molecular weight is 414 g/mol. The molecule has 0 spiro atoms. The fourth-order valence-electron chi connectivity index (χ4n) is 5.56. The fraction of sp³-hybridized carbons (Fsp3) is 0.783. The van der Waals surface area contributed by atoms with E-state index in [-0.39, 0.29) is 12.0 Å². The molecule has 0 radical (unpaired) electrons. The molecule has 1 saturated carbocycles. The molecule has 1 amide bonds. The van der Waals surface area contributed by atoms with E-state index in [2.05, 4.69) is 34.1 Å². The molecule has 1 aromatic heterocycles. The Balaban J connectivity index is 1.30. The third-order valence-corrected chi connectivity index (χ3v) is 7.57. The van der Waals surface area contributed by atoms with E-state index in [9.17, 15) is 4.79 Å². The van der Waals surface area contributed by atoms with Crippen LogP contribution in [0.5, 0.6) is 0 Å². The summed E-state index contributed by atoms with van der Waals surface area (Å²) in [5, 5.41) is 3.47. The van der Waals surface area contributed by atoms with E-state index in [1.165, 1.54) is 18.4 Å². The van der Waals surface area contributed by atoms with Gasteiger partial charge < -0.3 is 19.9 Å². The molecular weight excluding hydrogens is 378 g/mol. The van der Waals surface area contributed by atoms with Gasteiger partial charge >= 0.3 is 0 Å². The lowest BCUT2D eigenvalue weighted by atomic mass is 9.80. The molecule has 30 heavy (non-hydrogen) atoms. The lowest BCUT2D eigenvalue weighted by Gasteiger charge is -2.42. The first-order valence-electron chi connectivity index (χ1n) is 11.8. The number of carbonyl (C=O) groups is 1. The van der Waals surface area contributed by atoms with E-state index in [4.69, 9.17) is 9.72 Å². The highest BCUT2D eigenvalue weighted by atomic mass is 16.5. The monoisotopic (exact) mass is 413 g/mol. The number of nitrogens with zero attached hydrogens (tertiary/aromatic N) is 4. The van der Waals surface area contributed by atoms with Crippen LogP contribution in [0.2, 0.25) is 0 Å². The number of hydrogen-bond donors (Lipinski definition) is 1. The molecule has 1 N–H and O–H groups in total. The Hall–Kier alpha value is -1.73. The first-order chi connectivity index (χ1) is 14.6. The number of carbonyl (C=O) groups excluding carboxylic acids is 1. The first kappa shape index (κ1) is 20.2. The number of nitrogens with one attached hydrogen (secondary N) is 1. The van der Waals surface area contributed by atoms with Gasteiger partial charge in [-0.25, -0.2) is 9.97 Å². The predicted octanol–water partition coefficient (Wildman–Crippen LogP) is 2.32. The van der Waals surface area contributed by atoms with Crippen molar-refractivity contribution in [2.45, 2.75) is 64.1 Å². The van der Waals surface area contributed by atoms with Crippen molar-refractivity contribution < 1.29 is 9.53 Å². The minimum Gasteiger partial charge on any atom is -0.381 e. The summed E-state index contributed by atoms with van der Waals surface area (Å²) < 4.78 is 5.45. The number of likely N-dealkylation sites (tertiary alicyclic amines) is 1. The van der Waals surface area contributed by atoms with Gasteiger partial charge in [0.25, 0.3) is 0 Å². The second-order valence-corrected chi connectivity index (χ2v) is 9.87. The van der Waals surface area contributed by atoms with Crippen LogP contribution in [0.15, 0.2) is 6.20 Å². The van der Waals surface area contributed by atoms with Crippen LogP contribution in [0, 0.1) is 17.8 Å². The SMILES string of the molecule is C[C@@H]1Cc2cnc(NC3CCOCC3)nc2CN1C(=O)C1CCN(C)CC1C1CC1. The van der Waals surface area contributed by atoms with Crippen LogP contribution in [0.1, 0.15) is 50.3 Å². The second-order valence-electron chi connectivity index (χ2n) is 9.87. The second kappa shape index (κ2) is 8.42. The number of ether oxygens (including phenoxy) is 1. The number of aromatic nitrogens is 2. The first-order valence-corrected chi connectivity index (χ1v) is 11.8. The Kier molecular flexibility index (Phi) is 5.67. The third-order valence-electron chi connectivity index (χ3n) is 7.57. The number of piperidine rings is 1. The molecule has 1 aromatic rings. The van der Waals surface area contributed by atoms with Gasteiger partial charge in [0.05, 0.1) is 12.2 Å². The zero-order chi connectivity index (χ0) is 20.7. The van der Waals surface area contributed by atoms with Crippen molar-refractivity contribution in [3.8, 4) is 0 Å². The number of fused-ring (bicyclic) bond motifs is 1. The summed E-state index contributed by atoms with van der Waals surface area (Å²) in [6.07, 6.45) is 8.38. The molecule has 1 aliphatic carbocycles. The fourth-order valence-corrected chi connectivity index (χ4v) is 5.56. The van der Waals surface area contributed by atoms with Crippen molar-refractivity contribution in [3.63, 3.8) is 0 Å². The molecule has 7 nitrogen and oxygen atoms in total. The molecule has 4 aliphatic rings. The van der Waals surface area contributed by atoms with Gasteiger partial charge in [-0.15, -0.1) is 0 Å². The van der Waals surface area contributed by atoms with Gasteiger partial charge in [0.1, 0.15) is 0 Å². The standard InChI is InChI=1S/C23H35N5O2/c1-15-11-17-12-24-23(25-18-6-9-30-10-7-18)26-21(17)14-28(15)22(29)19-5-8-27(2)13-20(19)16-3-4-16/h12,15-16,18-20H,3-11,13-14H2,1-2H3,(H,24,25,26)/t15-,19?,20?/m1/s1. The van der Waals surface area contributed by atoms with Gasteiger partial charge in [-0.1, -0.05) is 0 Å². The minimum atomic E-state index is 0.180. The van der Waals surface area contributed by atoms with Crippen LogP contribution in [0.4, 0.5) is 5.95 Å². The highest BCUT2D eigenvalue weighted by molar-refractivity contribution is 5.80. The van der Waals surface area contributed by atoms with Gasteiger partial charge in [-0.05, 0) is 76.4 Å². The topological polar surface area (TPSA) is 70.6 Å². The van der Waals surface area contributed by atoms with E-state index in [1.54, 1.807) is 0 Å².